The number of fused-ring (bicyclic) bond motifs is 1. The number of benzene rings is 3. The van der Waals surface area contributed by atoms with Crippen molar-refractivity contribution in [3.63, 3.8) is 0 Å². The van der Waals surface area contributed by atoms with Crippen molar-refractivity contribution in [2.75, 3.05) is 37.9 Å². The van der Waals surface area contributed by atoms with E-state index in [1.54, 1.807) is 4.90 Å². The van der Waals surface area contributed by atoms with Crippen molar-refractivity contribution in [2.24, 2.45) is 5.92 Å². The number of hydrogen-bond donors (Lipinski definition) is 1. The molecule has 1 atom stereocenters. The van der Waals surface area contributed by atoms with Gasteiger partial charge >= 0.3 is 6.03 Å². The van der Waals surface area contributed by atoms with E-state index >= 15 is 0 Å². The molecule has 3 aromatic rings. The minimum absolute atomic E-state index is 0.164. The molecule has 1 N–H and O–H groups in total. The van der Waals surface area contributed by atoms with E-state index in [9.17, 15) is 4.79 Å². The van der Waals surface area contributed by atoms with Crippen molar-refractivity contribution in [3.8, 4) is 11.5 Å². The fraction of sp³-hybridized carbons (Fsp3) is 0.296. The Morgan fingerprint density at radius 2 is 1.66 bits per heavy atom. The monoisotopic (exact) mass is 429 g/mol. The lowest BCUT2D eigenvalue weighted by atomic mass is 9.83. The molecular weight excluding hydrogens is 398 g/mol. The first-order chi connectivity index (χ1) is 15.5. The minimum atomic E-state index is -0.164. The van der Waals surface area contributed by atoms with Gasteiger partial charge in [0.05, 0.1) is 0 Å². The number of carbonyl (C=O) groups excluding carboxylic acids is 1. The zero-order valence-electron chi connectivity index (χ0n) is 19.0. The number of nitrogens with zero attached hydrogens (tertiary/aromatic N) is 2. The van der Waals surface area contributed by atoms with Crippen LogP contribution in [-0.4, -0.2) is 38.6 Å². The molecule has 2 amide bonds. The van der Waals surface area contributed by atoms with Crippen LogP contribution in [0.2, 0.25) is 0 Å². The Balaban J connectivity index is 1.37. The van der Waals surface area contributed by atoms with Crippen molar-refractivity contribution in [1.29, 1.82) is 0 Å². The van der Waals surface area contributed by atoms with Crippen LogP contribution >= 0.6 is 0 Å². The van der Waals surface area contributed by atoms with E-state index in [2.05, 4.69) is 36.4 Å². The molecule has 0 bridgehead atoms. The van der Waals surface area contributed by atoms with Crippen molar-refractivity contribution in [3.05, 3.63) is 83.9 Å². The molecule has 0 spiro atoms. The van der Waals surface area contributed by atoms with Gasteiger partial charge in [-0.05, 0) is 98.9 Å². The number of amides is 2. The maximum atomic E-state index is 12.8. The Hall–Kier alpha value is -3.31. The van der Waals surface area contributed by atoms with Crippen molar-refractivity contribution in [1.82, 2.24) is 4.90 Å². The third-order valence-corrected chi connectivity index (χ3v) is 5.92. The molecule has 5 heteroatoms. The molecule has 0 aromatic heterocycles. The van der Waals surface area contributed by atoms with Gasteiger partial charge in [0.15, 0.2) is 0 Å². The predicted molar refractivity (Wildman–Crippen MR) is 131 cm³/mol. The van der Waals surface area contributed by atoms with Gasteiger partial charge in [-0.1, -0.05) is 24.3 Å². The van der Waals surface area contributed by atoms with E-state index in [-0.39, 0.29) is 6.03 Å². The Kier molecular flexibility index (Phi) is 6.76. The van der Waals surface area contributed by atoms with Gasteiger partial charge < -0.3 is 15.0 Å². The van der Waals surface area contributed by atoms with Crippen molar-refractivity contribution >= 4 is 17.4 Å². The van der Waals surface area contributed by atoms with Gasteiger partial charge in [0.1, 0.15) is 11.5 Å². The largest absolute Gasteiger partial charge is 0.457 e. The minimum Gasteiger partial charge on any atom is -0.457 e. The highest BCUT2D eigenvalue weighted by atomic mass is 16.5. The van der Waals surface area contributed by atoms with Crippen LogP contribution in [0.1, 0.15) is 17.5 Å². The Morgan fingerprint density at radius 3 is 2.38 bits per heavy atom. The average molecular weight is 430 g/mol. The summed E-state index contributed by atoms with van der Waals surface area (Å²) >= 11 is 0. The number of carbonyl (C=O) groups is 1. The zero-order chi connectivity index (χ0) is 22.5. The molecule has 4 rings (SSSR count). The molecule has 1 aliphatic rings. The number of aryl methyl sites for hydroxylation is 1. The predicted octanol–water partition coefficient (Wildman–Crippen LogP) is 5.81. The van der Waals surface area contributed by atoms with E-state index in [1.165, 1.54) is 17.5 Å². The third-order valence-electron chi connectivity index (χ3n) is 5.92. The average Bonchev–Trinajstić information content (AvgIpc) is 2.80. The number of nitrogens with one attached hydrogen (secondary N) is 1. The number of para-hydroxylation sites is 1. The lowest BCUT2D eigenvalue weighted by molar-refractivity contribution is 0.258. The normalized spacial score (nSPS) is 15.2. The summed E-state index contributed by atoms with van der Waals surface area (Å²) in [4.78, 5) is 16.7. The van der Waals surface area contributed by atoms with Crippen LogP contribution in [0.4, 0.5) is 16.2 Å². The topological polar surface area (TPSA) is 44.8 Å². The maximum absolute atomic E-state index is 12.8. The quantitative estimate of drug-likeness (QED) is 0.537. The van der Waals surface area contributed by atoms with Gasteiger partial charge in [-0.15, -0.1) is 0 Å². The fourth-order valence-electron chi connectivity index (χ4n) is 4.25. The van der Waals surface area contributed by atoms with Gasteiger partial charge in [-0.25, -0.2) is 4.79 Å². The molecule has 32 heavy (non-hydrogen) atoms. The summed E-state index contributed by atoms with van der Waals surface area (Å²) in [6.45, 7) is 1.12. The van der Waals surface area contributed by atoms with E-state index in [0.717, 1.165) is 42.3 Å². The molecular formula is C27H31N3O2. The van der Waals surface area contributed by atoms with Gasteiger partial charge in [0.25, 0.3) is 0 Å². The number of ether oxygens (including phenoxy) is 1. The fourth-order valence-corrected chi connectivity index (χ4v) is 4.25. The Morgan fingerprint density at radius 1 is 0.938 bits per heavy atom. The van der Waals surface area contributed by atoms with Crippen LogP contribution in [0, 0.1) is 5.92 Å². The van der Waals surface area contributed by atoms with E-state index in [4.69, 9.17) is 4.74 Å². The van der Waals surface area contributed by atoms with Gasteiger partial charge in [0.2, 0.25) is 0 Å². The first-order valence-electron chi connectivity index (χ1n) is 11.1. The molecule has 1 aliphatic carbocycles. The first-order valence-corrected chi connectivity index (χ1v) is 11.1. The summed E-state index contributed by atoms with van der Waals surface area (Å²) in [6, 6.07) is 23.3. The lowest BCUT2D eigenvalue weighted by Gasteiger charge is -2.28. The summed E-state index contributed by atoms with van der Waals surface area (Å²) in [5.41, 5.74) is 4.41. The molecule has 0 fully saturated rings. The van der Waals surface area contributed by atoms with Crippen LogP contribution in [0.3, 0.4) is 0 Å². The molecule has 5 nitrogen and oxygen atoms in total. The summed E-state index contributed by atoms with van der Waals surface area (Å²) in [5, 5.41) is 2.97. The van der Waals surface area contributed by atoms with E-state index in [1.807, 2.05) is 67.7 Å². The third kappa shape index (κ3) is 5.48. The van der Waals surface area contributed by atoms with Gasteiger partial charge in [0, 0.05) is 25.0 Å². The molecule has 3 aromatic carbocycles. The molecule has 0 saturated carbocycles. The summed E-state index contributed by atoms with van der Waals surface area (Å²) in [7, 11) is 6.08. The summed E-state index contributed by atoms with van der Waals surface area (Å²) in [6.07, 6.45) is 3.38. The van der Waals surface area contributed by atoms with Crippen LogP contribution < -0.4 is 15.0 Å². The van der Waals surface area contributed by atoms with Crippen LogP contribution in [0.5, 0.6) is 11.5 Å². The molecule has 166 valence electrons. The number of rotatable bonds is 6. The number of hydrogen-bond acceptors (Lipinski definition) is 3. The smallest absolute Gasteiger partial charge is 0.326 e. The first kappa shape index (κ1) is 21.9. The summed E-state index contributed by atoms with van der Waals surface area (Å²) in [5.74, 6) is 2.22. The highest BCUT2D eigenvalue weighted by molar-refractivity contribution is 6.01. The number of urea groups is 1. The molecule has 0 radical (unpaired) electrons. The van der Waals surface area contributed by atoms with Gasteiger partial charge in [-0.3, -0.25) is 4.90 Å². The van der Waals surface area contributed by atoms with Crippen molar-refractivity contribution < 1.29 is 9.53 Å². The highest BCUT2D eigenvalue weighted by Crippen LogP contribution is 2.29. The second kappa shape index (κ2) is 9.88. The van der Waals surface area contributed by atoms with Crippen LogP contribution in [-0.2, 0) is 12.8 Å². The Labute approximate surface area is 190 Å². The summed E-state index contributed by atoms with van der Waals surface area (Å²) < 4.78 is 5.81. The van der Waals surface area contributed by atoms with Crippen LogP contribution in [0.25, 0.3) is 0 Å². The van der Waals surface area contributed by atoms with Crippen LogP contribution in [0.15, 0.2) is 72.8 Å². The zero-order valence-corrected chi connectivity index (χ0v) is 19.0. The van der Waals surface area contributed by atoms with Crippen molar-refractivity contribution in [2.45, 2.75) is 19.3 Å². The van der Waals surface area contributed by atoms with E-state index < -0.39 is 0 Å². The standard InChI is InChI=1S/C27H31N3O2/c1-29(2)19-20-9-10-22-18-24(14-11-21(22)17-20)30(3)27(31)28-23-12-15-26(16-13-23)32-25-7-5-4-6-8-25/h4-8,11-16,18,20H,9-10,17,19H2,1-3H3,(H,28,31). The second-order valence-corrected chi connectivity index (χ2v) is 8.75. The maximum Gasteiger partial charge on any atom is 0.326 e. The SMILES string of the molecule is CN(C)CC1CCc2cc(N(C)C(=O)Nc3ccc(Oc4ccccc4)cc3)ccc2C1. The Bertz CT molecular complexity index is 1050. The molecule has 0 saturated heterocycles. The highest BCUT2D eigenvalue weighted by Gasteiger charge is 2.21. The number of anilines is 2. The molecule has 0 heterocycles. The second-order valence-electron chi connectivity index (χ2n) is 8.75. The lowest BCUT2D eigenvalue weighted by Crippen LogP contribution is -2.31. The van der Waals surface area contributed by atoms with Gasteiger partial charge in [-0.2, -0.15) is 0 Å². The molecule has 0 aliphatic heterocycles. The van der Waals surface area contributed by atoms with E-state index in [0.29, 0.717) is 5.92 Å². The molecule has 1 unspecified atom stereocenters.